The van der Waals surface area contributed by atoms with Crippen molar-refractivity contribution in [2.45, 2.75) is 25.9 Å². The Bertz CT molecular complexity index is 442. The average Bonchev–Trinajstić information content (AvgIpc) is 2.33. The fourth-order valence-electron chi connectivity index (χ4n) is 2.08. The molecule has 1 aliphatic heterocycles. The highest BCUT2D eigenvalue weighted by Crippen LogP contribution is 2.17. The van der Waals surface area contributed by atoms with E-state index in [1.165, 1.54) is 0 Å². The fraction of sp³-hybridized carbons (Fsp3) is 0.500. The third-order valence-electron chi connectivity index (χ3n) is 3.30. The number of methoxy groups -OCH3 is 1. The van der Waals surface area contributed by atoms with Gasteiger partial charge in [0.1, 0.15) is 5.75 Å². The third kappa shape index (κ3) is 3.61. The Hall–Kier alpha value is -1.75. The van der Waals surface area contributed by atoms with Crippen LogP contribution in [0.2, 0.25) is 0 Å². The molecule has 0 atom stereocenters. The zero-order valence-corrected chi connectivity index (χ0v) is 11.6. The standard InChI is InChI=1S/C14H21N3O2/c1-10(2)17-8-12(9-17)16-14(18)15-11-5-4-6-13(7-11)19-3/h4-7,10,12H,8-9H2,1-3H3,(H2,15,16,18). The van der Waals surface area contributed by atoms with E-state index in [1.807, 2.05) is 18.2 Å². The molecule has 0 aromatic heterocycles. The predicted octanol–water partition coefficient (Wildman–Crippen LogP) is 1.91. The number of carbonyl (C=O) groups excluding carboxylic acids is 1. The summed E-state index contributed by atoms with van der Waals surface area (Å²) in [5, 5.41) is 5.77. The second-order valence-corrected chi connectivity index (χ2v) is 5.07. The minimum Gasteiger partial charge on any atom is -0.497 e. The van der Waals surface area contributed by atoms with E-state index < -0.39 is 0 Å². The van der Waals surface area contributed by atoms with Gasteiger partial charge in [-0.3, -0.25) is 4.90 Å². The van der Waals surface area contributed by atoms with Crippen molar-refractivity contribution in [3.05, 3.63) is 24.3 Å². The van der Waals surface area contributed by atoms with Crippen LogP contribution < -0.4 is 15.4 Å². The number of likely N-dealkylation sites (tertiary alicyclic amines) is 1. The number of rotatable bonds is 4. The van der Waals surface area contributed by atoms with Gasteiger partial charge >= 0.3 is 6.03 Å². The molecule has 2 amide bonds. The van der Waals surface area contributed by atoms with Gasteiger partial charge in [-0.2, -0.15) is 0 Å². The first kappa shape index (κ1) is 13.7. The van der Waals surface area contributed by atoms with Crippen LogP contribution in [0.5, 0.6) is 5.75 Å². The number of nitrogens with zero attached hydrogens (tertiary/aromatic N) is 1. The summed E-state index contributed by atoms with van der Waals surface area (Å²) in [5.74, 6) is 0.729. The van der Waals surface area contributed by atoms with Gasteiger partial charge in [0.15, 0.2) is 0 Å². The summed E-state index contributed by atoms with van der Waals surface area (Å²) < 4.78 is 5.11. The maximum atomic E-state index is 11.8. The van der Waals surface area contributed by atoms with E-state index in [-0.39, 0.29) is 12.1 Å². The van der Waals surface area contributed by atoms with Gasteiger partial charge in [0.2, 0.25) is 0 Å². The Labute approximate surface area is 113 Å². The molecule has 104 valence electrons. The summed E-state index contributed by atoms with van der Waals surface area (Å²) in [5.41, 5.74) is 0.733. The molecule has 0 spiro atoms. The van der Waals surface area contributed by atoms with Crippen molar-refractivity contribution in [3.63, 3.8) is 0 Å². The first-order valence-electron chi connectivity index (χ1n) is 6.54. The van der Waals surface area contributed by atoms with Crippen LogP contribution in [0.1, 0.15) is 13.8 Å². The molecule has 0 bridgehead atoms. The number of amides is 2. The van der Waals surface area contributed by atoms with Crippen LogP contribution in [0, 0.1) is 0 Å². The lowest BCUT2D eigenvalue weighted by Gasteiger charge is -2.42. The molecular weight excluding hydrogens is 242 g/mol. The topological polar surface area (TPSA) is 53.6 Å². The number of carbonyl (C=O) groups is 1. The van der Waals surface area contributed by atoms with Crippen LogP contribution in [0.15, 0.2) is 24.3 Å². The number of ether oxygens (including phenoxy) is 1. The molecule has 1 aliphatic rings. The quantitative estimate of drug-likeness (QED) is 0.872. The van der Waals surface area contributed by atoms with Gasteiger partial charge in [0.05, 0.1) is 13.2 Å². The molecule has 0 saturated carbocycles. The minimum atomic E-state index is -0.165. The summed E-state index contributed by atoms with van der Waals surface area (Å²) in [7, 11) is 1.61. The summed E-state index contributed by atoms with van der Waals surface area (Å²) >= 11 is 0. The Morgan fingerprint density at radius 1 is 1.42 bits per heavy atom. The van der Waals surface area contributed by atoms with Crippen LogP contribution in [0.3, 0.4) is 0 Å². The first-order chi connectivity index (χ1) is 9.08. The van der Waals surface area contributed by atoms with Gasteiger partial charge in [0, 0.05) is 30.9 Å². The van der Waals surface area contributed by atoms with Gasteiger partial charge in [-0.25, -0.2) is 4.79 Å². The number of benzene rings is 1. The molecule has 1 saturated heterocycles. The van der Waals surface area contributed by atoms with Gasteiger partial charge in [0.25, 0.3) is 0 Å². The highest BCUT2D eigenvalue weighted by atomic mass is 16.5. The van der Waals surface area contributed by atoms with Crippen molar-refractivity contribution in [2.75, 3.05) is 25.5 Å². The number of hydrogen-bond donors (Lipinski definition) is 2. The monoisotopic (exact) mass is 263 g/mol. The Kier molecular flexibility index (Phi) is 4.27. The van der Waals surface area contributed by atoms with Crippen molar-refractivity contribution in [1.82, 2.24) is 10.2 Å². The lowest BCUT2D eigenvalue weighted by Crippen LogP contribution is -2.61. The molecule has 1 heterocycles. The Morgan fingerprint density at radius 2 is 2.16 bits per heavy atom. The van der Waals surface area contributed by atoms with E-state index in [2.05, 4.69) is 29.4 Å². The fourth-order valence-corrected chi connectivity index (χ4v) is 2.08. The molecule has 0 aliphatic carbocycles. The molecule has 5 heteroatoms. The third-order valence-corrected chi connectivity index (χ3v) is 3.30. The van der Waals surface area contributed by atoms with Crippen LogP contribution in [0.25, 0.3) is 0 Å². The molecule has 1 aromatic rings. The van der Waals surface area contributed by atoms with Crippen molar-refractivity contribution < 1.29 is 9.53 Å². The van der Waals surface area contributed by atoms with Crippen LogP contribution in [-0.2, 0) is 0 Å². The summed E-state index contributed by atoms with van der Waals surface area (Å²) in [6.07, 6.45) is 0. The molecule has 19 heavy (non-hydrogen) atoms. The molecule has 2 rings (SSSR count). The van der Waals surface area contributed by atoms with E-state index in [0.717, 1.165) is 24.5 Å². The van der Waals surface area contributed by atoms with E-state index in [4.69, 9.17) is 4.74 Å². The van der Waals surface area contributed by atoms with E-state index in [1.54, 1.807) is 13.2 Å². The van der Waals surface area contributed by atoms with Crippen LogP contribution in [-0.4, -0.2) is 43.2 Å². The van der Waals surface area contributed by atoms with Gasteiger partial charge in [-0.1, -0.05) is 6.07 Å². The molecule has 1 aromatic carbocycles. The summed E-state index contributed by atoms with van der Waals surface area (Å²) in [6.45, 7) is 6.16. The highest BCUT2D eigenvalue weighted by molar-refractivity contribution is 5.89. The predicted molar refractivity (Wildman–Crippen MR) is 75.6 cm³/mol. The lowest BCUT2D eigenvalue weighted by molar-refractivity contribution is 0.0975. The van der Waals surface area contributed by atoms with Crippen molar-refractivity contribution in [3.8, 4) is 5.75 Å². The number of nitrogens with one attached hydrogen (secondary N) is 2. The molecule has 2 N–H and O–H groups in total. The Balaban J connectivity index is 1.79. The maximum absolute atomic E-state index is 11.8. The van der Waals surface area contributed by atoms with E-state index in [0.29, 0.717) is 6.04 Å². The van der Waals surface area contributed by atoms with Crippen molar-refractivity contribution >= 4 is 11.7 Å². The highest BCUT2D eigenvalue weighted by Gasteiger charge is 2.29. The molecule has 1 fully saturated rings. The number of hydrogen-bond acceptors (Lipinski definition) is 3. The molecule has 0 unspecified atom stereocenters. The number of anilines is 1. The smallest absolute Gasteiger partial charge is 0.319 e. The SMILES string of the molecule is COc1cccc(NC(=O)NC2CN(C(C)C)C2)c1. The minimum absolute atomic E-state index is 0.165. The van der Waals surface area contributed by atoms with Crippen molar-refractivity contribution in [2.24, 2.45) is 0 Å². The maximum Gasteiger partial charge on any atom is 0.319 e. The van der Waals surface area contributed by atoms with Crippen molar-refractivity contribution in [1.29, 1.82) is 0 Å². The zero-order chi connectivity index (χ0) is 13.8. The summed E-state index contributed by atoms with van der Waals surface area (Å²) in [6, 6.07) is 7.94. The number of urea groups is 1. The molecular formula is C14H21N3O2. The van der Waals surface area contributed by atoms with E-state index >= 15 is 0 Å². The normalized spacial score (nSPS) is 16.0. The van der Waals surface area contributed by atoms with Gasteiger partial charge in [-0.15, -0.1) is 0 Å². The molecule has 5 nitrogen and oxygen atoms in total. The second kappa shape index (κ2) is 5.93. The summed E-state index contributed by atoms with van der Waals surface area (Å²) in [4.78, 5) is 14.1. The average molecular weight is 263 g/mol. The molecule has 0 radical (unpaired) electrons. The Morgan fingerprint density at radius 3 is 2.79 bits per heavy atom. The largest absolute Gasteiger partial charge is 0.497 e. The second-order valence-electron chi connectivity index (χ2n) is 5.07. The lowest BCUT2D eigenvalue weighted by atomic mass is 10.1. The van der Waals surface area contributed by atoms with E-state index in [9.17, 15) is 4.79 Å². The van der Waals surface area contributed by atoms with Gasteiger partial charge < -0.3 is 15.4 Å². The van der Waals surface area contributed by atoms with Crippen LogP contribution in [0.4, 0.5) is 10.5 Å². The van der Waals surface area contributed by atoms with Gasteiger partial charge in [-0.05, 0) is 26.0 Å². The first-order valence-corrected chi connectivity index (χ1v) is 6.54. The zero-order valence-electron chi connectivity index (χ0n) is 11.6. The van der Waals surface area contributed by atoms with Crippen LogP contribution >= 0.6 is 0 Å².